The topological polar surface area (TPSA) is 62.1 Å². The second-order valence-electron chi connectivity index (χ2n) is 5.41. The molecule has 19 heavy (non-hydrogen) atoms. The average Bonchev–Trinajstić information content (AvgIpc) is 3.05. The maximum Gasteiger partial charge on any atom is 0.256 e. The van der Waals surface area contributed by atoms with Gasteiger partial charge in [0.25, 0.3) is 5.91 Å². The van der Waals surface area contributed by atoms with Gasteiger partial charge in [0.05, 0.1) is 5.56 Å². The van der Waals surface area contributed by atoms with Crippen LogP contribution in [0.25, 0.3) is 10.9 Å². The molecule has 1 amide bonds. The highest BCUT2D eigenvalue weighted by molar-refractivity contribution is 6.06. The predicted octanol–water partition coefficient (Wildman–Crippen LogP) is 1.98. The molecule has 0 saturated carbocycles. The minimum absolute atomic E-state index is 0.112. The number of carbonyl (C=O) groups is 1. The van der Waals surface area contributed by atoms with Crippen LogP contribution in [0.1, 0.15) is 23.7 Å². The molecular weight excluding hydrogens is 238 g/mol. The van der Waals surface area contributed by atoms with E-state index in [4.69, 9.17) is 5.73 Å². The largest absolute Gasteiger partial charge is 0.360 e. The summed E-state index contributed by atoms with van der Waals surface area (Å²) in [7, 11) is 0. The van der Waals surface area contributed by atoms with E-state index in [1.54, 1.807) is 0 Å². The van der Waals surface area contributed by atoms with Crippen LogP contribution in [0.15, 0.2) is 30.5 Å². The summed E-state index contributed by atoms with van der Waals surface area (Å²) >= 11 is 0. The van der Waals surface area contributed by atoms with Gasteiger partial charge >= 0.3 is 0 Å². The molecule has 4 nitrogen and oxygen atoms in total. The van der Waals surface area contributed by atoms with Crippen molar-refractivity contribution in [3.63, 3.8) is 0 Å². The molecule has 1 aromatic carbocycles. The number of aromatic nitrogens is 1. The molecule has 2 atom stereocenters. The molecule has 2 aromatic rings. The smallest absolute Gasteiger partial charge is 0.256 e. The Kier molecular flexibility index (Phi) is 3.03. The van der Waals surface area contributed by atoms with Crippen LogP contribution in [0.3, 0.4) is 0 Å². The molecule has 0 bridgehead atoms. The first-order chi connectivity index (χ1) is 9.16. The maximum absolute atomic E-state index is 12.6. The molecule has 2 heterocycles. The van der Waals surface area contributed by atoms with Crippen molar-refractivity contribution in [2.75, 3.05) is 13.1 Å². The summed E-state index contributed by atoms with van der Waals surface area (Å²) in [5.74, 6) is 0.537. The molecule has 0 spiro atoms. The van der Waals surface area contributed by atoms with Crippen molar-refractivity contribution < 1.29 is 4.79 Å². The van der Waals surface area contributed by atoms with Crippen LogP contribution in [-0.2, 0) is 0 Å². The van der Waals surface area contributed by atoms with E-state index < -0.39 is 0 Å². The minimum atomic E-state index is 0.112. The monoisotopic (exact) mass is 257 g/mol. The fourth-order valence-electron chi connectivity index (χ4n) is 2.82. The first-order valence-electron chi connectivity index (χ1n) is 6.78. The van der Waals surface area contributed by atoms with E-state index in [9.17, 15) is 4.79 Å². The zero-order chi connectivity index (χ0) is 13.4. The summed E-state index contributed by atoms with van der Waals surface area (Å²) < 4.78 is 0. The van der Waals surface area contributed by atoms with Gasteiger partial charge in [0.15, 0.2) is 0 Å². The Morgan fingerprint density at radius 1 is 1.47 bits per heavy atom. The standard InChI is InChI=1S/C15H19N3O/c1-10(16)11-6-7-18(9-11)15(19)13-8-17-14-5-3-2-4-12(13)14/h2-5,8,10-11,17H,6-7,9,16H2,1H3. The lowest BCUT2D eigenvalue weighted by atomic mass is 10.0. The summed E-state index contributed by atoms with van der Waals surface area (Å²) in [5, 5.41) is 0.997. The number of carbonyl (C=O) groups excluding carboxylic acids is 1. The van der Waals surface area contributed by atoms with Crippen molar-refractivity contribution in [1.29, 1.82) is 0 Å². The van der Waals surface area contributed by atoms with Crippen molar-refractivity contribution in [2.45, 2.75) is 19.4 Å². The molecule has 0 radical (unpaired) electrons. The number of H-pyrrole nitrogens is 1. The molecular formula is C15H19N3O. The number of likely N-dealkylation sites (tertiary alicyclic amines) is 1. The zero-order valence-corrected chi connectivity index (χ0v) is 11.1. The summed E-state index contributed by atoms with van der Waals surface area (Å²) in [6, 6.07) is 8.05. The number of para-hydroxylation sites is 1. The molecule has 100 valence electrons. The Morgan fingerprint density at radius 2 is 2.26 bits per heavy atom. The van der Waals surface area contributed by atoms with E-state index in [2.05, 4.69) is 4.98 Å². The number of nitrogens with one attached hydrogen (secondary N) is 1. The molecule has 1 saturated heterocycles. The van der Waals surface area contributed by atoms with Gasteiger partial charge < -0.3 is 15.6 Å². The quantitative estimate of drug-likeness (QED) is 0.864. The maximum atomic E-state index is 12.6. The molecule has 1 aromatic heterocycles. The first kappa shape index (κ1) is 12.2. The van der Waals surface area contributed by atoms with Gasteiger partial charge in [0.2, 0.25) is 0 Å². The van der Waals surface area contributed by atoms with Gasteiger partial charge in [0, 0.05) is 36.2 Å². The molecule has 1 fully saturated rings. The number of amides is 1. The van der Waals surface area contributed by atoms with Crippen LogP contribution in [0.4, 0.5) is 0 Å². The second kappa shape index (κ2) is 4.70. The van der Waals surface area contributed by atoms with E-state index in [0.717, 1.165) is 36.0 Å². The molecule has 3 N–H and O–H groups in total. The number of aromatic amines is 1. The lowest BCUT2D eigenvalue weighted by Gasteiger charge is -2.17. The van der Waals surface area contributed by atoms with Crippen molar-refractivity contribution >= 4 is 16.8 Å². The van der Waals surface area contributed by atoms with Gasteiger partial charge in [-0.1, -0.05) is 18.2 Å². The molecule has 1 aliphatic rings. The van der Waals surface area contributed by atoms with E-state index in [1.165, 1.54) is 0 Å². The number of hydrogen-bond donors (Lipinski definition) is 2. The van der Waals surface area contributed by atoms with Gasteiger partial charge in [-0.2, -0.15) is 0 Å². The van der Waals surface area contributed by atoms with Crippen LogP contribution in [0.2, 0.25) is 0 Å². The Labute approximate surface area is 112 Å². The van der Waals surface area contributed by atoms with Crippen LogP contribution in [0.5, 0.6) is 0 Å². The second-order valence-corrected chi connectivity index (χ2v) is 5.41. The molecule has 4 heteroatoms. The number of hydrogen-bond acceptors (Lipinski definition) is 2. The minimum Gasteiger partial charge on any atom is -0.360 e. The van der Waals surface area contributed by atoms with E-state index in [1.807, 2.05) is 42.3 Å². The van der Waals surface area contributed by atoms with E-state index >= 15 is 0 Å². The number of rotatable bonds is 2. The highest BCUT2D eigenvalue weighted by Crippen LogP contribution is 2.24. The predicted molar refractivity (Wildman–Crippen MR) is 76.0 cm³/mol. The highest BCUT2D eigenvalue weighted by atomic mass is 16.2. The van der Waals surface area contributed by atoms with Crippen LogP contribution in [-0.4, -0.2) is 34.9 Å². The van der Waals surface area contributed by atoms with E-state index in [-0.39, 0.29) is 11.9 Å². The third kappa shape index (κ3) is 2.12. The number of nitrogens with two attached hydrogens (primary N) is 1. The Morgan fingerprint density at radius 3 is 3.00 bits per heavy atom. The van der Waals surface area contributed by atoms with Crippen molar-refractivity contribution in [2.24, 2.45) is 11.7 Å². The van der Waals surface area contributed by atoms with Crippen molar-refractivity contribution in [1.82, 2.24) is 9.88 Å². The van der Waals surface area contributed by atoms with Crippen molar-refractivity contribution in [3.8, 4) is 0 Å². The fourth-order valence-corrected chi connectivity index (χ4v) is 2.82. The summed E-state index contributed by atoms with van der Waals surface area (Å²) in [5.41, 5.74) is 7.70. The Hall–Kier alpha value is -1.81. The van der Waals surface area contributed by atoms with Gasteiger partial charge in [0.1, 0.15) is 0 Å². The summed E-state index contributed by atoms with van der Waals surface area (Å²) in [4.78, 5) is 17.6. The molecule has 2 unspecified atom stereocenters. The molecule has 0 aliphatic carbocycles. The van der Waals surface area contributed by atoms with Gasteiger partial charge in [-0.25, -0.2) is 0 Å². The SMILES string of the molecule is CC(N)C1CCN(C(=O)c2c[nH]c3ccccc23)C1. The van der Waals surface area contributed by atoms with Crippen LogP contribution in [0, 0.1) is 5.92 Å². The first-order valence-corrected chi connectivity index (χ1v) is 6.78. The summed E-state index contributed by atoms with van der Waals surface area (Å²) in [6.45, 7) is 3.60. The highest BCUT2D eigenvalue weighted by Gasteiger charge is 2.29. The zero-order valence-electron chi connectivity index (χ0n) is 11.1. The number of benzene rings is 1. The average molecular weight is 257 g/mol. The number of nitrogens with zero attached hydrogens (tertiary/aromatic N) is 1. The van der Waals surface area contributed by atoms with Gasteiger partial charge in [-0.3, -0.25) is 4.79 Å². The summed E-state index contributed by atoms with van der Waals surface area (Å²) in [6.07, 6.45) is 2.82. The molecule has 1 aliphatic heterocycles. The lowest BCUT2D eigenvalue weighted by molar-refractivity contribution is 0.0788. The fraction of sp³-hybridized carbons (Fsp3) is 0.400. The van der Waals surface area contributed by atoms with Gasteiger partial charge in [-0.15, -0.1) is 0 Å². The van der Waals surface area contributed by atoms with Crippen LogP contribution >= 0.6 is 0 Å². The Bertz CT molecular complexity index is 602. The van der Waals surface area contributed by atoms with Gasteiger partial charge in [-0.05, 0) is 25.3 Å². The third-order valence-corrected chi connectivity index (χ3v) is 4.08. The Balaban J connectivity index is 1.85. The van der Waals surface area contributed by atoms with Crippen LogP contribution < -0.4 is 5.73 Å². The van der Waals surface area contributed by atoms with E-state index in [0.29, 0.717) is 5.92 Å². The normalized spacial score (nSPS) is 20.9. The number of fused-ring (bicyclic) bond motifs is 1. The lowest BCUT2D eigenvalue weighted by Crippen LogP contribution is -2.32. The molecule has 3 rings (SSSR count). The van der Waals surface area contributed by atoms with Crippen molar-refractivity contribution in [3.05, 3.63) is 36.0 Å². The third-order valence-electron chi connectivity index (χ3n) is 4.08.